The number of nitrogens with zero attached hydrogens (tertiary/aromatic N) is 2. The summed E-state index contributed by atoms with van der Waals surface area (Å²) in [6, 6.07) is -0.0460. The van der Waals surface area contributed by atoms with Gasteiger partial charge in [0.1, 0.15) is 5.01 Å². The Morgan fingerprint density at radius 3 is 2.83 bits per heavy atom. The molecule has 2 aliphatic heterocycles. The second-order valence-corrected chi connectivity index (χ2v) is 7.11. The van der Waals surface area contributed by atoms with Gasteiger partial charge in [-0.3, -0.25) is 4.79 Å². The number of aromatic nitrogens is 1. The van der Waals surface area contributed by atoms with Gasteiger partial charge in [-0.2, -0.15) is 0 Å². The first-order valence-electron chi connectivity index (χ1n) is 8.21. The average Bonchev–Trinajstić information content (AvgIpc) is 3.22. The molecule has 7 heteroatoms. The molecule has 3 heterocycles. The molecule has 0 aromatic carbocycles. The monoisotopic (exact) mass is 338 g/mol. The second-order valence-electron chi connectivity index (χ2n) is 6.22. The van der Waals surface area contributed by atoms with Gasteiger partial charge in [-0.15, -0.1) is 11.3 Å². The molecule has 0 aliphatic carbocycles. The normalized spacial score (nSPS) is 22.4. The molecule has 1 unspecified atom stereocenters. The van der Waals surface area contributed by atoms with Crippen LogP contribution in [-0.2, 0) is 9.53 Å². The van der Waals surface area contributed by atoms with Gasteiger partial charge >= 0.3 is 5.97 Å². The van der Waals surface area contributed by atoms with E-state index in [1.165, 1.54) is 11.3 Å². The van der Waals surface area contributed by atoms with Crippen LogP contribution in [0.4, 0.5) is 0 Å². The van der Waals surface area contributed by atoms with Crippen molar-refractivity contribution in [3.8, 4) is 0 Å². The highest BCUT2D eigenvalue weighted by Crippen LogP contribution is 2.34. The molecule has 1 aromatic heterocycles. The van der Waals surface area contributed by atoms with Gasteiger partial charge in [-0.05, 0) is 38.0 Å². The fourth-order valence-electron chi connectivity index (χ4n) is 3.37. The summed E-state index contributed by atoms with van der Waals surface area (Å²) in [6.45, 7) is 2.36. The molecular formula is C16H22N2O4S. The lowest BCUT2D eigenvalue weighted by atomic mass is 9.94. The lowest BCUT2D eigenvalue weighted by Gasteiger charge is -2.25. The Labute approximate surface area is 139 Å². The zero-order valence-electron chi connectivity index (χ0n) is 13.1. The molecule has 2 saturated heterocycles. The number of likely N-dealkylation sites (tertiary alicyclic amines) is 1. The Morgan fingerprint density at radius 1 is 1.35 bits per heavy atom. The molecule has 126 valence electrons. The quantitative estimate of drug-likeness (QED) is 0.893. The first-order valence-corrected chi connectivity index (χ1v) is 9.09. The van der Waals surface area contributed by atoms with E-state index < -0.39 is 5.97 Å². The standard InChI is InChI=1S/C16H22N2O4S/c19-14(4-3-11-5-8-22-9-6-11)18-7-1-2-13(18)15-17-12(10-23-15)16(20)21/h10-11,13H,1-9H2,(H,20,21). The van der Waals surface area contributed by atoms with E-state index in [-0.39, 0.29) is 17.6 Å². The Morgan fingerprint density at radius 2 is 2.13 bits per heavy atom. The number of rotatable bonds is 5. The van der Waals surface area contributed by atoms with Gasteiger partial charge < -0.3 is 14.7 Å². The van der Waals surface area contributed by atoms with Crippen LogP contribution in [0.5, 0.6) is 0 Å². The minimum absolute atomic E-state index is 0.0460. The first-order chi connectivity index (χ1) is 11.1. The molecule has 2 fully saturated rings. The van der Waals surface area contributed by atoms with Crippen LogP contribution in [0.2, 0.25) is 0 Å². The molecule has 6 nitrogen and oxygen atoms in total. The zero-order valence-corrected chi connectivity index (χ0v) is 13.9. The molecule has 23 heavy (non-hydrogen) atoms. The van der Waals surface area contributed by atoms with Crippen molar-refractivity contribution in [2.75, 3.05) is 19.8 Å². The van der Waals surface area contributed by atoms with Crippen molar-refractivity contribution in [1.82, 2.24) is 9.88 Å². The third kappa shape index (κ3) is 3.90. The number of thiazole rings is 1. The van der Waals surface area contributed by atoms with Gasteiger partial charge in [0.25, 0.3) is 0 Å². The molecule has 0 bridgehead atoms. The predicted molar refractivity (Wildman–Crippen MR) is 85.5 cm³/mol. The molecule has 1 N–H and O–H groups in total. The smallest absolute Gasteiger partial charge is 0.355 e. The van der Waals surface area contributed by atoms with E-state index >= 15 is 0 Å². The van der Waals surface area contributed by atoms with Crippen molar-refractivity contribution in [3.63, 3.8) is 0 Å². The zero-order chi connectivity index (χ0) is 16.2. The van der Waals surface area contributed by atoms with Gasteiger partial charge in [0.15, 0.2) is 5.69 Å². The van der Waals surface area contributed by atoms with Crippen LogP contribution in [-0.4, -0.2) is 46.6 Å². The summed E-state index contributed by atoms with van der Waals surface area (Å²) in [6.07, 6.45) is 5.41. The number of carboxylic acids is 1. The lowest BCUT2D eigenvalue weighted by Crippen LogP contribution is -2.31. The minimum atomic E-state index is -1.01. The van der Waals surface area contributed by atoms with Gasteiger partial charge in [0, 0.05) is 31.6 Å². The van der Waals surface area contributed by atoms with Crippen molar-refractivity contribution in [2.45, 2.75) is 44.6 Å². The van der Waals surface area contributed by atoms with Gasteiger partial charge in [0.05, 0.1) is 6.04 Å². The van der Waals surface area contributed by atoms with E-state index in [1.54, 1.807) is 5.38 Å². The van der Waals surface area contributed by atoms with Crippen LogP contribution in [0, 0.1) is 5.92 Å². The highest BCUT2D eigenvalue weighted by Gasteiger charge is 2.32. The van der Waals surface area contributed by atoms with Crippen molar-refractivity contribution < 1.29 is 19.4 Å². The van der Waals surface area contributed by atoms with Crippen LogP contribution >= 0.6 is 11.3 Å². The summed E-state index contributed by atoms with van der Waals surface area (Å²) in [7, 11) is 0. The predicted octanol–water partition coefficient (Wildman–Crippen LogP) is 2.71. The fourth-order valence-corrected chi connectivity index (χ4v) is 4.31. The molecule has 3 rings (SSSR count). The molecule has 1 atom stereocenters. The van der Waals surface area contributed by atoms with E-state index in [9.17, 15) is 9.59 Å². The Balaban J connectivity index is 1.58. The van der Waals surface area contributed by atoms with E-state index in [0.717, 1.165) is 56.9 Å². The Kier molecular flexibility index (Phi) is 5.27. The van der Waals surface area contributed by atoms with Crippen LogP contribution < -0.4 is 0 Å². The van der Waals surface area contributed by atoms with E-state index in [4.69, 9.17) is 9.84 Å². The summed E-state index contributed by atoms with van der Waals surface area (Å²) in [5.41, 5.74) is 0.0755. The largest absolute Gasteiger partial charge is 0.476 e. The Bertz CT molecular complexity index is 568. The van der Waals surface area contributed by atoms with Crippen LogP contribution in [0.15, 0.2) is 5.38 Å². The number of ether oxygens (including phenoxy) is 1. The van der Waals surface area contributed by atoms with E-state index in [1.807, 2.05) is 4.90 Å². The van der Waals surface area contributed by atoms with Crippen molar-refractivity contribution >= 4 is 23.2 Å². The van der Waals surface area contributed by atoms with Gasteiger partial charge in [0.2, 0.25) is 5.91 Å². The Hall–Kier alpha value is -1.47. The van der Waals surface area contributed by atoms with Gasteiger partial charge in [-0.1, -0.05) is 0 Å². The number of amides is 1. The minimum Gasteiger partial charge on any atom is -0.476 e. The fraction of sp³-hybridized carbons (Fsp3) is 0.688. The van der Waals surface area contributed by atoms with Crippen LogP contribution in [0.25, 0.3) is 0 Å². The van der Waals surface area contributed by atoms with Crippen LogP contribution in [0.3, 0.4) is 0 Å². The van der Waals surface area contributed by atoms with Crippen molar-refractivity contribution in [3.05, 3.63) is 16.1 Å². The maximum absolute atomic E-state index is 12.6. The summed E-state index contributed by atoms with van der Waals surface area (Å²) in [5, 5.41) is 11.3. The van der Waals surface area contributed by atoms with Crippen molar-refractivity contribution in [2.24, 2.45) is 5.92 Å². The molecule has 1 aromatic rings. The van der Waals surface area contributed by atoms with Gasteiger partial charge in [-0.25, -0.2) is 9.78 Å². The maximum atomic E-state index is 12.6. The summed E-state index contributed by atoms with van der Waals surface area (Å²) in [4.78, 5) is 29.6. The van der Waals surface area contributed by atoms with Crippen LogP contribution in [0.1, 0.15) is 60.1 Å². The molecule has 2 aliphatic rings. The van der Waals surface area contributed by atoms with E-state index in [0.29, 0.717) is 12.3 Å². The first kappa shape index (κ1) is 16.4. The molecule has 1 amide bonds. The SMILES string of the molecule is O=C(O)c1csc(C2CCCN2C(=O)CCC2CCOCC2)n1. The number of carbonyl (C=O) groups excluding carboxylic acids is 1. The molecule has 0 radical (unpaired) electrons. The highest BCUT2D eigenvalue weighted by molar-refractivity contribution is 7.09. The number of hydrogen-bond donors (Lipinski definition) is 1. The molecule has 0 saturated carbocycles. The summed E-state index contributed by atoms with van der Waals surface area (Å²) < 4.78 is 5.35. The summed E-state index contributed by atoms with van der Waals surface area (Å²) in [5.74, 6) is -0.249. The average molecular weight is 338 g/mol. The lowest BCUT2D eigenvalue weighted by molar-refractivity contribution is -0.132. The number of carboxylic acid groups (broad SMARTS) is 1. The topological polar surface area (TPSA) is 79.7 Å². The third-order valence-corrected chi connectivity index (χ3v) is 5.65. The third-order valence-electron chi connectivity index (χ3n) is 4.71. The molecular weight excluding hydrogens is 316 g/mol. The highest BCUT2D eigenvalue weighted by atomic mass is 32.1. The summed E-state index contributed by atoms with van der Waals surface area (Å²) >= 11 is 1.34. The number of hydrogen-bond acceptors (Lipinski definition) is 5. The molecule has 0 spiro atoms. The maximum Gasteiger partial charge on any atom is 0.355 e. The van der Waals surface area contributed by atoms with E-state index in [2.05, 4.69) is 4.98 Å². The number of carbonyl (C=O) groups is 2. The second kappa shape index (κ2) is 7.40. The van der Waals surface area contributed by atoms with Crippen molar-refractivity contribution in [1.29, 1.82) is 0 Å². The number of aromatic carboxylic acids is 1.